The molecule has 0 spiro atoms. The lowest BCUT2D eigenvalue weighted by molar-refractivity contribution is -0.141. The molecule has 154 valence electrons. The molecular formula is C22H28N4O3. The van der Waals surface area contributed by atoms with E-state index in [1.54, 1.807) is 6.20 Å². The molecule has 2 aliphatic rings. The molecule has 2 aliphatic heterocycles. The number of likely N-dealkylation sites (tertiary alicyclic amines) is 1. The molecule has 29 heavy (non-hydrogen) atoms. The van der Waals surface area contributed by atoms with E-state index in [9.17, 15) is 9.59 Å². The van der Waals surface area contributed by atoms with Crippen LogP contribution in [-0.4, -0.2) is 52.3 Å². The summed E-state index contributed by atoms with van der Waals surface area (Å²) in [6, 6.07) is 9.20. The van der Waals surface area contributed by atoms with Crippen molar-refractivity contribution in [2.75, 3.05) is 19.6 Å². The molecule has 2 amide bonds. The van der Waals surface area contributed by atoms with Crippen LogP contribution in [0.3, 0.4) is 0 Å². The predicted octanol–water partition coefficient (Wildman–Crippen LogP) is 2.43. The number of hydrogen-bond donors (Lipinski definition) is 1. The summed E-state index contributed by atoms with van der Waals surface area (Å²) in [5.41, 5.74) is 0.927. The standard InChI is InChI=1S/C22H28N4O3/c1-16-8-9-17(29-16)15-25-13-11-24-22(28)20(25)14-21(27)26-12-5-3-7-19(26)18-6-2-4-10-23-18/h2,4,6,8-10,19-20H,3,5,7,11-15H2,1H3,(H,24,28)/t19-,20+/m0/s1. The minimum absolute atomic E-state index is 0.00900. The minimum Gasteiger partial charge on any atom is -0.465 e. The van der Waals surface area contributed by atoms with Crippen LogP contribution in [0.15, 0.2) is 40.9 Å². The van der Waals surface area contributed by atoms with Crippen molar-refractivity contribution in [2.24, 2.45) is 0 Å². The fourth-order valence-electron chi connectivity index (χ4n) is 4.34. The molecule has 4 heterocycles. The number of nitrogens with zero attached hydrogens (tertiary/aromatic N) is 3. The van der Waals surface area contributed by atoms with Crippen molar-refractivity contribution >= 4 is 11.8 Å². The first kappa shape index (κ1) is 19.6. The quantitative estimate of drug-likeness (QED) is 0.840. The number of hydrogen-bond acceptors (Lipinski definition) is 5. The average Bonchev–Trinajstić information content (AvgIpc) is 3.16. The van der Waals surface area contributed by atoms with Crippen LogP contribution in [0, 0.1) is 6.92 Å². The molecule has 0 radical (unpaired) electrons. The summed E-state index contributed by atoms with van der Waals surface area (Å²) in [7, 11) is 0. The maximum atomic E-state index is 13.3. The van der Waals surface area contributed by atoms with Crippen LogP contribution in [0.4, 0.5) is 0 Å². The number of furan rings is 1. The Hall–Kier alpha value is -2.67. The normalized spacial score (nSPS) is 23.1. The van der Waals surface area contributed by atoms with Gasteiger partial charge >= 0.3 is 0 Å². The van der Waals surface area contributed by atoms with Crippen LogP contribution in [0.25, 0.3) is 0 Å². The number of carbonyl (C=O) groups excluding carboxylic acids is 2. The van der Waals surface area contributed by atoms with E-state index in [1.165, 1.54) is 0 Å². The molecule has 2 saturated heterocycles. The van der Waals surface area contributed by atoms with Crippen molar-refractivity contribution in [2.45, 2.75) is 51.2 Å². The molecule has 7 nitrogen and oxygen atoms in total. The highest BCUT2D eigenvalue weighted by Gasteiger charge is 2.36. The van der Waals surface area contributed by atoms with Crippen LogP contribution in [0.2, 0.25) is 0 Å². The molecule has 2 aromatic heterocycles. The van der Waals surface area contributed by atoms with Crippen molar-refractivity contribution in [3.8, 4) is 0 Å². The first-order valence-corrected chi connectivity index (χ1v) is 10.4. The van der Waals surface area contributed by atoms with Crippen molar-refractivity contribution in [3.63, 3.8) is 0 Å². The monoisotopic (exact) mass is 396 g/mol. The number of nitrogens with one attached hydrogen (secondary N) is 1. The SMILES string of the molecule is Cc1ccc(CN2CCNC(=O)[C@H]2CC(=O)N2CCCC[C@H]2c2ccccn2)o1. The number of aromatic nitrogens is 1. The Labute approximate surface area is 171 Å². The number of amides is 2. The van der Waals surface area contributed by atoms with Gasteiger partial charge in [-0.1, -0.05) is 6.07 Å². The summed E-state index contributed by atoms with van der Waals surface area (Å²) in [5.74, 6) is 1.60. The maximum Gasteiger partial charge on any atom is 0.237 e. The van der Waals surface area contributed by atoms with Gasteiger partial charge in [-0.25, -0.2) is 0 Å². The van der Waals surface area contributed by atoms with Crippen molar-refractivity contribution in [1.82, 2.24) is 20.1 Å². The zero-order valence-corrected chi connectivity index (χ0v) is 16.8. The fourth-order valence-corrected chi connectivity index (χ4v) is 4.34. The number of rotatable bonds is 5. The van der Waals surface area contributed by atoms with E-state index >= 15 is 0 Å². The Morgan fingerprint density at radius 1 is 1.24 bits per heavy atom. The van der Waals surface area contributed by atoms with Gasteiger partial charge in [0, 0.05) is 25.8 Å². The lowest BCUT2D eigenvalue weighted by atomic mass is 9.97. The van der Waals surface area contributed by atoms with E-state index in [-0.39, 0.29) is 24.3 Å². The van der Waals surface area contributed by atoms with Crippen molar-refractivity contribution in [3.05, 3.63) is 53.7 Å². The Balaban J connectivity index is 1.48. The van der Waals surface area contributed by atoms with Gasteiger partial charge in [0.15, 0.2) is 0 Å². The predicted molar refractivity (Wildman–Crippen MR) is 108 cm³/mol. The van der Waals surface area contributed by atoms with E-state index < -0.39 is 6.04 Å². The highest BCUT2D eigenvalue weighted by molar-refractivity contribution is 5.89. The maximum absolute atomic E-state index is 13.3. The third kappa shape index (κ3) is 4.50. The molecule has 2 aromatic rings. The highest BCUT2D eigenvalue weighted by Crippen LogP contribution is 2.30. The third-order valence-corrected chi connectivity index (χ3v) is 5.82. The molecule has 0 bridgehead atoms. The Kier molecular flexibility index (Phi) is 5.94. The largest absolute Gasteiger partial charge is 0.465 e. The van der Waals surface area contributed by atoms with Gasteiger partial charge in [-0.2, -0.15) is 0 Å². The second-order valence-corrected chi connectivity index (χ2v) is 7.85. The van der Waals surface area contributed by atoms with E-state index in [4.69, 9.17) is 4.42 Å². The lowest BCUT2D eigenvalue weighted by Gasteiger charge is -2.38. The van der Waals surface area contributed by atoms with Gasteiger partial charge in [0.05, 0.1) is 30.7 Å². The van der Waals surface area contributed by atoms with Gasteiger partial charge in [0.2, 0.25) is 11.8 Å². The second-order valence-electron chi connectivity index (χ2n) is 7.85. The lowest BCUT2D eigenvalue weighted by Crippen LogP contribution is -2.56. The number of piperidine rings is 1. The molecular weight excluding hydrogens is 368 g/mol. The smallest absolute Gasteiger partial charge is 0.237 e. The van der Waals surface area contributed by atoms with Gasteiger partial charge in [-0.15, -0.1) is 0 Å². The average molecular weight is 396 g/mol. The first-order valence-electron chi connectivity index (χ1n) is 10.4. The zero-order valence-electron chi connectivity index (χ0n) is 16.8. The summed E-state index contributed by atoms with van der Waals surface area (Å²) < 4.78 is 5.69. The molecule has 1 N–H and O–H groups in total. The molecule has 0 saturated carbocycles. The summed E-state index contributed by atoms with van der Waals surface area (Å²) in [5, 5.41) is 2.91. The van der Waals surface area contributed by atoms with Gasteiger partial charge in [0.25, 0.3) is 0 Å². The van der Waals surface area contributed by atoms with Crippen molar-refractivity contribution < 1.29 is 14.0 Å². The highest BCUT2D eigenvalue weighted by atomic mass is 16.3. The number of pyridine rings is 1. The van der Waals surface area contributed by atoms with Crippen LogP contribution in [-0.2, 0) is 16.1 Å². The van der Waals surface area contributed by atoms with E-state index in [0.717, 1.165) is 36.5 Å². The van der Waals surface area contributed by atoms with Gasteiger partial charge < -0.3 is 14.6 Å². The number of aryl methyl sites for hydroxylation is 1. The summed E-state index contributed by atoms with van der Waals surface area (Å²) in [6.45, 7) is 4.44. The summed E-state index contributed by atoms with van der Waals surface area (Å²) in [6.07, 6.45) is 4.93. The zero-order chi connectivity index (χ0) is 20.2. The summed E-state index contributed by atoms with van der Waals surface area (Å²) >= 11 is 0. The van der Waals surface area contributed by atoms with E-state index in [1.807, 2.05) is 42.2 Å². The van der Waals surface area contributed by atoms with Crippen molar-refractivity contribution in [1.29, 1.82) is 0 Å². The fraction of sp³-hybridized carbons (Fsp3) is 0.500. The van der Waals surface area contributed by atoms with E-state index in [2.05, 4.69) is 15.2 Å². The van der Waals surface area contributed by atoms with Crippen LogP contribution >= 0.6 is 0 Å². The number of carbonyl (C=O) groups is 2. The van der Waals surface area contributed by atoms with Crippen LogP contribution in [0.5, 0.6) is 0 Å². The van der Waals surface area contributed by atoms with Crippen LogP contribution < -0.4 is 5.32 Å². The van der Waals surface area contributed by atoms with Gasteiger partial charge in [0.1, 0.15) is 11.5 Å². The minimum atomic E-state index is -0.479. The molecule has 2 atom stereocenters. The number of piperazine rings is 1. The van der Waals surface area contributed by atoms with E-state index in [0.29, 0.717) is 26.2 Å². The topological polar surface area (TPSA) is 78.7 Å². The Morgan fingerprint density at radius 2 is 2.14 bits per heavy atom. The first-order chi connectivity index (χ1) is 14.1. The molecule has 0 unspecified atom stereocenters. The van der Waals surface area contributed by atoms with Gasteiger partial charge in [-0.3, -0.25) is 19.5 Å². The molecule has 0 aliphatic carbocycles. The summed E-state index contributed by atoms with van der Waals surface area (Å²) in [4.78, 5) is 34.3. The van der Waals surface area contributed by atoms with Gasteiger partial charge in [-0.05, 0) is 50.5 Å². The Bertz CT molecular complexity index is 851. The second kappa shape index (κ2) is 8.78. The van der Waals surface area contributed by atoms with Crippen LogP contribution in [0.1, 0.15) is 48.9 Å². The molecule has 4 rings (SSSR count). The molecule has 7 heteroatoms. The third-order valence-electron chi connectivity index (χ3n) is 5.82. The molecule has 0 aromatic carbocycles. The molecule has 2 fully saturated rings. The Morgan fingerprint density at radius 3 is 2.90 bits per heavy atom.